The number of anilines is 1. The molecule has 0 saturated heterocycles. The van der Waals surface area contributed by atoms with Gasteiger partial charge in [-0.05, 0) is 42.0 Å². The highest BCUT2D eigenvalue weighted by atomic mass is 32.2. The maximum atomic E-state index is 12.5. The molecule has 0 aromatic heterocycles. The minimum absolute atomic E-state index is 0.0363. The van der Waals surface area contributed by atoms with E-state index in [2.05, 4.69) is 5.32 Å². The first-order chi connectivity index (χ1) is 14.8. The molecule has 0 radical (unpaired) electrons. The van der Waals surface area contributed by atoms with Crippen LogP contribution in [0.15, 0.2) is 41.3 Å². The van der Waals surface area contributed by atoms with Crippen LogP contribution in [-0.2, 0) is 14.8 Å². The van der Waals surface area contributed by atoms with Crippen molar-refractivity contribution in [2.75, 3.05) is 46.8 Å². The third kappa shape index (κ3) is 4.92. The first kappa shape index (κ1) is 22.4. The molecule has 0 bridgehead atoms. The Labute approximate surface area is 181 Å². The van der Waals surface area contributed by atoms with Gasteiger partial charge in [-0.15, -0.1) is 0 Å². The first-order valence-corrected chi connectivity index (χ1v) is 10.8. The van der Waals surface area contributed by atoms with Crippen LogP contribution in [0, 0.1) is 0 Å². The second-order valence-electron chi connectivity index (χ2n) is 6.72. The number of ether oxygens (including phenoxy) is 4. The fraction of sp³-hybridized carbons (Fsp3) is 0.286. The van der Waals surface area contributed by atoms with Crippen molar-refractivity contribution in [2.24, 2.45) is 0 Å². The standard InChI is InChI=1S/C21H24N2O7S/c1-23(2)31(25,26)15-6-7-17(27-3)16(13-15)22-20(24)8-5-14-11-18(28-4)21-19(12-14)29-9-10-30-21/h5-8,11-13H,9-10H2,1-4H3,(H,22,24). The minimum atomic E-state index is -3.66. The smallest absolute Gasteiger partial charge is 0.248 e. The third-order valence-electron chi connectivity index (χ3n) is 4.48. The third-order valence-corrected chi connectivity index (χ3v) is 6.30. The Morgan fingerprint density at radius 3 is 2.45 bits per heavy atom. The molecule has 0 spiro atoms. The Morgan fingerprint density at radius 2 is 1.77 bits per heavy atom. The highest BCUT2D eigenvalue weighted by molar-refractivity contribution is 7.89. The molecule has 1 amide bonds. The van der Waals surface area contributed by atoms with Crippen LogP contribution in [0.3, 0.4) is 0 Å². The summed E-state index contributed by atoms with van der Waals surface area (Å²) in [5.74, 6) is 1.43. The molecule has 1 N–H and O–H groups in total. The van der Waals surface area contributed by atoms with Crippen molar-refractivity contribution in [3.63, 3.8) is 0 Å². The highest BCUT2D eigenvalue weighted by Crippen LogP contribution is 2.40. The van der Waals surface area contributed by atoms with Gasteiger partial charge >= 0.3 is 0 Å². The lowest BCUT2D eigenvalue weighted by atomic mass is 10.1. The number of nitrogens with one attached hydrogen (secondary N) is 1. The van der Waals surface area contributed by atoms with Gasteiger partial charge in [0.1, 0.15) is 19.0 Å². The van der Waals surface area contributed by atoms with Crippen molar-refractivity contribution in [2.45, 2.75) is 4.90 Å². The van der Waals surface area contributed by atoms with Gasteiger partial charge in [0, 0.05) is 20.2 Å². The summed E-state index contributed by atoms with van der Waals surface area (Å²) in [6.45, 7) is 0.862. The van der Waals surface area contributed by atoms with Crippen LogP contribution in [0.1, 0.15) is 5.56 Å². The number of amides is 1. The molecule has 10 heteroatoms. The number of carbonyl (C=O) groups excluding carboxylic acids is 1. The zero-order chi connectivity index (χ0) is 22.6. The van der Waals surface area contributed by atoms with E-state index in [0.29, 0.717) is 41.8 Å². The number of sulfonamides is 1. The summed E-state index contributed by atoms with van der Waals surface area (Å²) in [5.41, 5.74) is 0.909. The summed E-state index contributed by atoms with van der Waals surface area (Å²) in [4.78, 5) is 12.5. The molecule has 1 aliphatic heterocycles. The summed E-state index contributed by atoms with van der Waals surface area (Å²) in [6, 6.07) is 7.73. The zero-order valence-corrected chi connectivity index (χ0v) is 18.5. The van der Waals surface area contributed by atoms with Crippen LogP contribution < -0.4 is 24.3 Å². The van der Waals surface area contributed by atoms with E-state index in [4.69, 9.17) is 18.9 Å². The minimum Gasteiger partial charge on any atom is -0.495 e. The van der Waals surface area contributed by atoms with Crippen LogP contribution in [-0.4, -0.2) is 60.2 Å². The van der Waals surface area contributed by atoms with E-state index in [1.807, 2.05) is 0 Å². The molecule has 0 unspecified atom stereocenters. The maximum absolute atomic E-state index is 12.5. The Hall–Kier alpha value is -3.24. The van der Waals surface area contributed by atoms with Crippen LogP contribution >= 0.6 is 0 Å². The van der Waals surface area contributed by atoms with Crippen molar-refractivity contribution in [3.8, 4) is 23.0 Å². The fourth-order valence-corrected chi connectivity index (χ4v) is 3.82. The number of fused-ring (bicyclic) bond motifs is 1. The molecule has 2 aromatic carbocycles. The lowest BCUT2D eigenvalue weighted by Crippen LogP contribution is -2.22. The summed E-state index contributed by atoms with van der Waals surface area (Å²) >= 11 is 0. The molecule has 2 aromatic rings. The topological polar surface area (TPSA) is 103 Å². The van der Waals surface area contributed by atoms with Crippen LogP contribution in [0.25, 0.3) is 6.08 Å². The number of benzene rings is 2. The molecule has 0 fully saturated rings. The van der Waals surface area contributed by atoms with Gasteiger partial charge in [0.05, 0.1) is 24.8 Å². The van der Waals surface area contributed by atoms with E-state index in [1.54, 1.807) is 18.2 Å². The molecular weight excluding hydrogens is 424 g/mol. The van der Waals surface area contributed by atoms with E-state index in [1.165, 1.54) is 52.6 Å². The zero-order valence-electron chi connectivity index (χ0n) is 17.7. The summed E-state index contributed by atoms with van der Waals surface area (Å²) in [7, 11) is 2.16. The summed E-state index contributed by atoms with van der Waals surface area (Å²) in [5, 5.41) is 2.65. The average Bonchev–Trinajstić information content (AvgIpc) is 2.76. The van der Waals surface area contributed by atoms with Gasteiger partial charge < -0.3 is 24.3 Å². The maximum Gasteiger partial charge on any atom is 0.248 e. The van der Waals surface area contributed by atoms with Crippen LogP contribution in [0.5, 0.6) is 23.0 Å². The number of hydrogen-bond donors (Lipinski definition) is 1. The van der Waals surface area contributed by atoms with Gasteiger partial charge in [0.15, 0.2) is 11.5 Å². The molecule has 166 valence electrons. The lowest BCUT2D eigenvalue weighted by molar-refractivity contribution is -0.111. The Balaban J connectivity index is 1.83. The Morgan fingerprint density at radius 1 is 1.06 bits per heavy atom. The largest absolute Gasteiger partial charge is 0.495 e. The molecule has 1 aliphatic rings. The van der Waals surface area contributed by atoms with Crippen molar-refractivity contribution in [1.29, 1.82) is 0 Å². The summed E-state index contributed by atoms with van der Waals surface area (Å²) in [6.07, 6.45) is 2.90. The Bertz CT molecular complexity index is 1090. The second-order valence-corrected chi connectivity index (χ2v) is 8.87. The predicted molar refractivity (Wildman–Crippen MR) is 116 cm³/mol. The second kappa shape index (κ2) is 9.27. The van der Waals surface area contributed by atoms with Gasteiger partial charge in [-0.3, -0.25) is 4.79 Å². The van der Waals surface area contributed by atoms with E-state index < -0.39 is 15.9 Å². The number of hydrogen-bond acceptors (Lipinski definition) is 7. The molecule has 1 heterocycles. The van der Waals surface area contributed by atoms with E-state index in [-0.39, 0.29) is 10.6 Å². The van der Waals surface area contributed by atoms with Gasteiger partial charge in [0.25, 0.3) is 0 Å². The lowest BCUT2D eigenvalue weighted by Gasteiger charge is -2.20. The van der Waals surface area contributed by atoms with Gasteiger partial charge in [0.2, 0.25) is 21.7 Å². The predicted octanol–water partition coefficient (Wildman–Crippen LogP) is 2.38. The van der Waals surface area contributed by atoms with Gasteiger partial charge in [-0.1, -0.05) is 0 Å². The number of rotatable bonds is 7. The van der Waals surface area contributed by atoms with Crippen molar-refractivity contribution in [3.05, 3.63) is 42.0 Å². The molecular formula is C21H24N2O7S. The van der Waals surface area contributed by atoms with Crippen LogP contribution in [0.2, 0.25) is 0 Å². The number of carbonyl (C=O) groups is 1. The molecule has 31 heavy (non-hydrogen) atoms. The first-order valence-electron chi connectivity index (χ1n) is 9.33. The molecule has 0 saturated carbocycles. The van der Waals surface area contributed by atoms with Crippen molar-refractivity contribution >= 4 is 27.7 Å². The summed E-state index contributed by atoms with van der Waals surface area (Å²) < 4.78 is 47.6. The number of methoxy groups -OCH3 is 2. The van der Waals surface area contributed by atoms with E-state index >= 15 is 0 Å². The molecule has 0 atom stereocenters. The SMILES string of the molecule is COc1ccc(S(=O)(=O)N(C)C)cc1NC(=O)C=Cc1cc(OC)c2c(c1)OCCO2. The Kier molecular flexibility index (Phi) is 6.71. The normalized spacial score (nSPS) is 13.3. The van der Waals surface area contributed by atoms with Gasteiger partial charge in [-0.25, -0.2) is 12.7 Å². The number of nitrogens with zero attached hydrogens (tertiary/aromatic N) is 1. The molecule has 0 aliphatic carbocycles. The molecule has 9 nitrogen and oxygen atoms in total. The van der Waals surface area contributed by atoms with Crippen LogP contribution in [0.4, 0.5) is 5.69 Å². The fourth-order valence-electron chi connectivity index (χ4n) is 2.89. The van der Waals surface area contributed by atoms with Crippen molar-refractivity contribution < 1.29 is 32.2 Å². The van der Waals surface area contributed by atoms with Crippen molar-refractivity contribution in [1.82, 2.24) is 4.31 Å². The molecule has 3 rings (SSSR count). The highest BCUT2D eigenvalue weighted by Gasteiger charge is 2.20. The quantitative estimate of drug-likeness (QED) is 0.649. The van der Waals surface area contributed by atoms with Gasteiger partial charge in [-0.2, -0.15) is 0 Å². The average molecular weight is 448 g/mol. The van der Waals surface area contributed by atoms with E-state index in [0.717, 1.165) is 4.31 Å². The van der Waals surface area contributed by atoms with E-state index in [9.17, 15) is 13.2 Å². The monoisotopic (exact) mass is 448 g/mol.